The van der Waals surface area contributed by atoms with Crippen molar-refractivity contribution in [1.82, 2.24) is 10.3 Å². The van der Waals surface area contributed by atoms with E-state index in [0.717, 1.165) is 12.0 Å². The van der Waals surface area contributed by atoms with E-state index in [-0.39, 0.29) is 17.9 Å². The molecule has 0 spiro atoms. The summed E-state index contributed by atoms with van der Waals surface area (Å²) in [4.78, 5) is 14.6. The highest BCUT2D eigenvalue weighted by molar-refractivity contribution is 5.75. The van der Waals surface area contributed by atoms with Crippen molar-refractivity contribution in [2.75, 3.05) is 7.11 Å². The van der Waals surface area contributed by atoms with Crippen LogP contribution in [-0.4, -0.2) is 24.1 Å². The van der Waals surface area contributed by atoms with Crippen molar-refractivity contribution in [3.8, 4) is 0 Å². The first-order valence-corrected chi connectivity index (χ1v) is 5.62. The van der Waals surface area contributed by atoms with Crippen LogP contribution in [-0.2, 0) is 16.1 Å². The highest BCUT2D eigenvalue weighted by Crippen LogP contribution is 2.10. The van der Waals surface area contributed by atoms with Crippen LogP contribution in [0.2, 0.25) is 0 Å². The lowest BCUT2D eigenvalue weighted by atomic mass is 9.99. The second-order valence-corrected chi connectivity index (χ2v) is 3.99. The van der Waals surface area contributed by atoms with Gasteiger partial charge in [-0.3, -0.25) is 4.79 Å². The Bertz CT molecular complexity index is 309. The molecule has 0 fully saturated rings. The summed E-state index contributed by atoms with van der Waals surface area (Å²) in [6.07, 6.45) is 4.73. The number of esters is 1. The molecule has 0 radical (unpaired) electrons. The fourth-order valence-corrected chi connectivity index (χ4v) is 1.58. The number of methoxy groups -OCH3 is 1. The van der Waals surface area contributed by atoms with Gasteiger partial charge in [-0.15, -0.1) is 0 Å². The van der Waals surface area contributed by atoms with Gasteiger partial charge in [0.25, 0.3) is 0 Å². The van der Waals surface area contributed by atoms with Crippen molar-refractivity contribution in [1.29, 1.82) is 0 Å². The average Bonchev–Trinajstić information content (AvgIpc) is 2.81. The Labute approximate surface area is 96.4 Å². The molecule has 0 amide bonds. The number of carbonyl (C=O) groups excluding carboxylic acids is 1. The molecular weight excluding hydrogens is 204 g/mol. The van der Waals surface area contributed by atoms with Gasteiger partial charge in [0.1, 0.15) is 6.04 Å². The van der Waals surface area contributed by atoms with Gasteiger partial charge in [-0.1, -0.05) is 20.3 Å². The molecule has 0 aliphatic rings. The lowest BCUT2D eigenvalue weighted by Gasteiger charge is -2.21. The van der Waals surface area contributed by atoms with Gasteiger partial charge in [-0.25, -0.2) is 0 Å². The molecule has 1 heterocycles. The molecule has 0 aliphatic carbocycles. The minimum Gasteiger partial charge on any atom is -0.468 e. The molecule has 4 nitrogen and oxygen atoms in total. The molecule has 0 aliphatic heterocycles. The van der Waals surface area contributed by atoms with E-state index >= 15 is 0 Å². The highest BCUT2D eigenvalue weighted by atomic mass is 16.5. The van der Waals surface area contributed by atoms with Gasteiger partial charge in [-0.05, 0) is 17.5 Å². The summed E-state index contributed by atoms with van der Waals surface area (Å²) >= 11 is 0. The highest BCUT2D eigenvalue weighted by Gasteiger charge is 2.23. The summed E-state index contributed by atoms with van der Waals surface area (Å²) < 4.78 is 4.80. The van der Waals surface area contributed by atoms with Crippen LogP contribution in [0.15, 0.2) is 18.5 Å². The molecule has 16 heavy (non-hydrogen) atoms. The van der Waals surface area contributed by atoms with Crippen LogP contribution in [0.25, 0.3) is 0 Å². The molecule has 0 saturated heterocycles. The van der Waals surface area contributed by atoms with Crippen LogP contribution in [0.3, 0.4) is 0 Å². The van der Waals surface area contributed by atoms with E-state index < -0.39 is 0 Å². The normalized spacial score (nSPS) is 14.4. The molecular formula is C12H20N2O2. The van der Waals surface area contributed by atoms with Gasteiger partial charge in [0.05, 0.1) is 7.11 Å². The van der Waals surface area contributed by atoms with E-state index in [4.69, 9.17) is 4.74 Å². The zero-order valence-electron chi connectivity index (χ0n) is 10.1. The Balaban J connectivity index is 2.53. The first kappa shape index (κ1) is 12.8. The maximum Gasteiger partial charge on any atom is 0.323 e. The number of aromatic amines is 1. The number of aromatic nitrogens is 1. The van der Waals surface area contributed by atoms with Gasteiger partial charge in [0, 0.05) is 18.9 Å². The topological polar surface area (TPSA) is 54.1 Å². The molecule has 2 unspecified atom stereocenters. The third-order valence-corrected chi connectivity index (χ3v) is 2.86. The van der Waals surface area contributed by atoms with Gasteiger partial charge < -0.3 is 15.0 Å². The van der Waals surface area contributed by atoms with Crippen molar-refractivity contribution in [2.24, 2.45) is 5.92 Å². The minimum absolute atomic E-state index is 0.190. The molecule has 0 saturated carbocycles. The number of hydrogen-bond donors (Lipinski definition) is 2. The first-order valence-electron chi connectivity index (χ1n) is 5.62. The molecule has 90 valence electrons. The number of carbonyl (C=O) groups is 1. The van der Waals surface area contributed by atoms with Crippen LogP contribution in [0.4, 0.5) is 0 Å². The quantitative estimate of drug-likeness (QED) is 0.723. The Kier molecular flexibility index (Phi) is 5.05. The fourth-order valence-electron chi connectivity index (χ4n) is 1.58. The van der Waals surface area contributed by atoms with Crippen molar-refractivity contribution < 1.29 is 9.53 Å². The Morgan fingerprint density at radius 3 is 2.88 bits per heavy atom. The van der Waals surface area contributed by atoms with Crippen LogP contribution in [0, 0.1) is 5.92 Å². The largest absolute Gasteiger partial charge is 0.468 e. The second-order valence-electron chi connectivity index (χ2n) is 3.99. The second kappa shape index (κ2) is 6.33. The van der Waals surface area contributed by atoms with E-state index in [2.05, 4.69) is 17.2 Å². The molecule has 0 aromatic carbocycles. The van der Waals surface area contributed by atoms with Gasteiger partial charge in [-0.2, -0.15) is 0 Å². The van der Waals surface area contributed by atoms with E-state index in [1.807, 2.05) is 25.4 Å². The zero-order chi connectivity index (χ0) is 12.0. The maximum atomic E-state index is 11.6. The molecule has 1 rings (SSSR count). The Hall–Kier alpha value is -1.29. The van der Waals surface area contributed by atoms with Crippen molar-refractivity contribution in [2.45, 2.75) is 32.9 Å². The van der Waals surface area contributed by atoms with Crippen LogP contribution in [0.1, 0.15) is 25.8 Å². The number of H-pyrrole nitrogens is 1. The van der Waals surface area contributed by atoms with E-state index in [0.29, 0.717) is 6.54 Å². The van der Waals surface area contributed by atoms with Gasteiger partial charge >= 0.3 is 5.97 Å². The predicted molar refractivity (Wildman–Crippen MR) is 62.9 cm³/mol. The number of rotatable bonds is 6. The van der Waals surface area contributed by atoms with Crippen molar-refractivity contribution in [3.05, 3.63) is 24.0 Å². The maximum absolute atomic E-state index is 11.6. The summed E-state index contributed by atoms with van der Waals surface area (Å²) in [5, 5.41) is 3.23. The summed E-state index contributed by atoms with van der Waals surface area (Å²) in [7, 11) is 1.43. The summed E-state index contributed by atoms with van der Waals surface area (Å²) in [5.41, 5.74) is 1.14. The van der Waals surface area contributed by atoms with Crippen LogP contribution >= 0.6 is 0 Å². The standard InChI is InChI=1S/C12H20N2O2/c1-4-9(2)11(12(15)16-3)14-8-10-5-6-13-7-10/h5-7,9,11,13-14H,4,8H2,1-3H3. The summed E-state index contributed by atoms with van der Waals surface area (Å²) in [6.45, 7) is 4.79. The van der Waals surface area contributed by atoms with E-state index in [9.17, 15) is 4.79 Å². The number of nitrogens with one attached hydrogen (secondary N) is 2. The van der Waals surface area contributed by atoms with Crippen LogP contribution < -0.4 is 5.32 Å². The van der Waals surface area contributed by atoms with Crippen molar-refractivity contribution >= 4 is 5.97 Å². The van der Waals surface area contributed by atoms with Gasteiger partial charge in [0.2, 0.25) is 0 Å². The Morgan fingerprint density at radius 2 is 2.38 bits per heavy atom. The summed E-state index contributed by atoms with van der Waals surface area (Å²) in [6, 6.07) is 1.75. The molecule has 2 N–H and O–H groups in total. The predicted octanol–water partition coefficient (Wildman–Crippen LogP) is 1.69. The van der Waals surface area contributed by atoms with Crippen molar-refractivity contribution in [3.63, 3.8) is 0 Å². The summed E-state index contributed by atoms with van der Waals surface area (Å²) in [5.74, 6) is 0.0799. The molecule has 0 bridgehead atoms. The fraction of sp³-hybridized carbons (Fsp3) is 0.583. The number of ether oxygens (including phenoxy) is 1. The number of hydrogen-bond acceptors (Lipinski definition) is 3. The molecule has 1 aromatic heterocycles. The third kappa shape index (κ3) is 3.38. The average molecular weight is 224 g/mol. The van der Waals surface area contributed by atoms with Crippen LogP contribution in [0.5, 0.6) is 0 Å². The molecule has 4 heteroatoms. The minimum atomic E-state index is -0.232. The van der Waals surface area contributed by atoms with Gasteiger partial charge in [0.15, 0.2) is 0 Å². The third-order valence-electron chi connectivity index (χ3n) is 2.86. The smallest absolute Gasteiger partial charge is 0.323 e. The molecule has 2 atom stereocenters. The SMILES string of the molecule is CCC(C)C(NCc1cc[nH]c1)C(=O)OC. The van der Waals surface area contributed by atoms with E-state index in [1.54, 1.807) is 0 Å². The monoisotopic (exact) mass is 224 g/mol. The Morgan fingerprint density at radius 1 is 1.62 bits per heavy atom. The molecule has 1 aromatic rings. The zero-order valence-corrected chi connectivity index (χ0v) is 10.1. The van der Waals surface area contributed by atoms with E-state index in [1.165, 1.54) is 7.11 Å². The lowest BCUT2D eigenvalue weighted by molar-refractivity contribution is -0.144. The lowest BCUT2D eigenvalue weighted by Crippen LogP contribution is -2.42. The first-order chi connectivity index (χ1) is 7.69.